The van der Waals surface area contributed by atoms with Crippen molar-refractivity contribution in [1.29, 1.82) is 0 Å². The number of nitrogens with zero attached hydrogens (tertiary/aromatic N) is 3. The summed E-state index contributed by atoms with van der Waals surface area (Å²) in [5.74, 6) is 0.420. The third-order valence-electron chi connectivity index (χ3n) is 4.95. The lowest BCUT2D eigenvalue weighted by molar-refractivity contribution is -0.120. The molecule has 1 aromatic heterocycles. The lowest BCUT2D eigenvalue weighted by Gasteiger charge is -2.32. The molecule has 0 bridgehead atoms. The highest BCUT2D eigenvalue weighted by atomic mass is 19.1. The van der Waals surface area contributed by atoms with Gasteiger partial charge in [-0.2, -0.15) is 0 Å². The molecule has 1 fully saturated rings. The number of piperidine rings is 1. The number of benzene rings is 2. The molecule has 1 saturated heterocycles. The quantitative estimate of drug-likeness (QED) is 0.744. The number of halogens is 1. The van der Waals surface area contributed by atoms with Crippen LogP contribution in [-0.4, -0.2) is 29.2 Å². The maximum Gasteiger partial charge on any atom is 0.229 e. The Kier molecular flexibility index (Phi) is 5.28. The Morgan fingerprint density at radius 2 is 1.79 bits per heavy atom. The van der Waals surface area contributed by atoms with Crippen LogP contribution < -0.4 is 10.2 Å². The number of carbonyl (C=O) groups is 1. The number of amides is 1. The fraction of sp³-hybridized carbons (Fsp3) is 0.227. The van der Waals surface area contributed by atoms with Crippen LogP contribution in [0.4, 0.5) is 15.9 Å². The molecule has 3 aromatic rings. The third kappa shape index (κ3) is 4.17. The summed E-state index contributed by atoms with van der Waals surface area (Å²) >= 11 is 0. The SMILES string of the molecule is O=C(Nc1ccccc1)[C@H]1CCCN(c2ccc(-c3ccc(F)cc3)nn2)C1. The lowest BCUT2D eigenvalue weighted by Crippen LogP contribution is -2.41. The van der Waals surface area contributed by atoms with Gasteiger partial charge in [0.1, 0.15) is 5.82 Å². The van der Waals surface area contributed by atoms with Gasteiger partial charge in [-0.25, -0.2) is 4.39 Å². The third-order valence-corrected chi connectivity index (χ3v) is 4.95. The fourth-order valence-corrected chi connectivity index (χ4v) is 3.43. The predicted molar refractivity (Wildman–Crippen MR) is 107 cm³/mol. The second-order valence-electron chi connectivity index (χ2n) is 6.92. The van der Waals surface area contributed by atoms with Crippen LogP contribution in [0.2, 0.25) is 0 Å². The zero-order chi connectivity index (χ0) is 19.3. The first kappa shape index (κ1) is 18.1. The van der Waals surface area contributed by atoms with E-state index in [-0.39, 0.29) is 17.6 Å². The van der Waals surface area contributed by atoms with Crippen molar-refractivity contribution < 1.29 is 9.18 Å². The van der Waals surface area contributed by atoms with E-state index in [0.29, 0.717) is 12.2 Å². The summed E-state index contributed by atoms with van der Waals surface area (Å²) in [5, 5.41) is 11.6. The maximum absolute atomic E-state index is 13.1. The van der Waals surface area contributed by atoms with Crippen molar-refractivity contribution in [3.05, 3.63) is 72.5 Å². The van der Waals surface area contributed by atoms with Crippen LogP contribution >= 0.6 is 0 Å². The predicted octanol–water partition coefficient (Wildman–Crippen LogP) is 4.14. The molecule has 0 unspecified atom stereocenters. The monoisotopic (exact) mass is 376 g/mol. The molecular weight excluding hydrogens is 355 g/mol. The van der Waals surface area contributed by atoms with Crippen molar-refractivity contribution in [2.75, 3.05) is 23.3 Å². The topological polar surface area (TPSA) is 58.1 Å². The first-order valence-corrected chi connectivity index (χ1v) is 9.39. The number of anilines is 2. The fourth-order valence-electron chi connectivity index (χ4n) is 3.43. The molecule has 6 heteroatoms. The molecule has 0 spiro atoms. The Balaban J connectivity index is 1.42. The molecule has 1 N–H and O–H groups in total. The Hall–Kier alpha value is -3.28. The van der Waals surface area contributed by atoms with Crippen LogP contribution in [0.5, 0.6) is 0 Å². The summed E-state index contributed by atoms with van der Waals surface area (Å²) in [4.78, 5) is 14.7. The second kappa shape index (κ2) is 8.17. The first-order chi connectivity index (χ1) is 13.7. The van der Waals surface area contributed by atoms with E-state index < -0.39 is 0 Å². The van der Waals surface area contributed by atoms with Crippen molar-refractivity contribution in [3.63, 3.8) is 0 Å². The van der Waals surface area contributed by atoms with E-state index in [9.17, 15) is 9.18 Å². The second-order valence-corrected chi connectivity index (χ2v) is 6.92. The molecule has 1 amide bonds. The molecule has 4 rings (SSSR count). The molecule has 2 aromatic carbocycles. The van der Waals surface area contributed by atoms with Crippen molar-refractivity contribution in [1.82, 2.24) is 10.2 Å². The average molecular weight is 376 g/mol. The van der Waals surface area contributed by atoms with Gasteiger partial charge >= 0.3 is 0 Å². The van der Waals surface area contributed by atoms with Crippen molar-refractivity contribution >= 4 is 17.4 Å². The van der Waals surface area contributed by atoms with Gasteiger partial charge in [-0.15, -0.1) is 10.2 Å². The summed E-state index contributed by atoms with van der Waals surface area (Å²) < 4.78 is 13.1. The van der Waals surface area contributed by atoms with E-state index >= 15 is 0 Å². The number of carbonyl (C=O) groups excluding carboxylic acids is 1. The van der Waals surface area contributed by atoms with Gasteiger partial charge in [0.05, 0.1) is 11.6 Å². The van der Waals surface area contributed by atoms with Crippen LogP contribution in [0, 0.1) is 11.7 Å². The number of nitrogens with one attached hydrogen (secondary N) is 1. The van der Waals surface area contributed by atoms with Gasteiger partial charge in [0.2, 0.25) is 5.91 Å². The number of para-hydroxylation sites is 1. The summed E-state index contributed by atoms with van der Waals surface area (Å²) in [6.45, 7) is 1.46. The van der Waals surface area contributed by atoms with Gasteiger partial charge in [0.15, 0.2) is 5.82 Å². The van der Waals surface area contributed by atoms with E-state index in [1.54, 1.807) is 12.1 Å². The summed E-state index contributed by atoms with van der Waals surface area (Å²) in [5.41, 5.74) is 2.33. The van der Waals surface area contributed by atoms with Crippen molar-refractivity contribution in [2.24, 2.45) is 5.92 Å². The minimum Gasteiger partial charge on any atom is -0.354 e. The van der Waals surface area contributed by atoms with E-state index in [1.165, 1.54) is 12.1 Å². The molecule has 5 nitrogen and oxygen atoms in total. The smallest absolute Gasteiger partial charge is 0.229 e. The average Bonchev–Trinajstić information content (AvgIpc) is 2.75. The molecule has 2 heterocycles. The minimum absolute atomic E-state index is 0.0341. The molecule has 0 radical (unpaired) electrons. The van der Waals surface area contributed by atoms with Crippen molar-refractivity contribution in [3.8, 4) is 11.3 Å². The Bertz CT molecular complexity index is 929. The van der Waals surface area contributed by atoms with E-state index in [2.05, 4.69) is 20.4 Å². The van der Waals surface area contributed by atoms with E-state index in [0.717, 1.165) is 36.5 Å². The van der Waals surface area contributed by atoms with Crippen LogP contribution in [0.15, 0.2) is 66.7 Å². The van der Waals surface area contributed by atoms with E-state index in [1.807, 2.05) is 42.5 Å². The number of rotatable bonds is 4. The summed E-state index contributed by atoms with van der Waals surface area (Å²) in [6.07, 6.45) is 1.78. The Labute approximate surface area is 163 Å². The summed E-state index contributed by atoms with van der Waals surface area (Å²) in [7, 11) is 0. The standard InChI is InChI=1S/C22H21FN4O/c23-18-10-8-16(9-11-18)20-12-13-21(26-25-20)27-14-4-5-17(15-27)22(28)24-19-6-2-1-3-7-19/h1-3,6-13,17H,4-5,14-15H2,(H,24,28)/t17-/m0/s1. The largest absolute Gasteiger partial charge is 0.354 e. The van der Waals surface area contributed by atoms with Gasteiger partial charge in [0.25, 0.3) is 0 Å². The van der Waals surface area contributed by atoms with Crippen LogP contribution in [0.1, 0.15) is 12.8 Å². The normalized spacial score (nSPS) is 16.6. The Morgan fingerprint density at radius 3 is 2.50 bits per heavy atom. The molecule has 28 heavy (non-hydrogen) atoms. The van der Waals surface area contributed by atoms with Crippen LogP contribution in [0.3, 0.4) is 0 Å². The van der Waals surface area contributed by atoms with Gasteiger partial charge in [-0.1, -0.05) is 18.2 Å². The highest BCUT2D eigenvalue weighted by Crippen LogP contribution is 2.24. The molecule has 1 atom stereocenters. The zero-order valence-corrected chi connectivity index (χ0v) is 15.4. The van der Waals surface area contributed by atoms with Crippen LogP contribution in [-0.2, 0) is 4.79 Å². The number of aromatic nitrogens is 2. The van der Waals surface area contributed by atoms with Gasteiger partial charge in [0, 0.05) is 24.3 Å². The van der Waals surface area contributed by atoms with E-state index in [4.69, 9.17) is 0 Å². The minimum atomic E-state index is -0.276. The molecule has 0 saturated carbocycles. The van der Waals surface area contributed by atoms with Crippen LogP contribution in [0.25, 0.3) is 11.3 Å². The maximum atomic E-state index is 13.1. The highest BCUT2D eigenvalue weighted by Gasteiger charge is 2.26. The lowest BCUT2D eigenvalue weighted by atomic mass is 9.97. The Morgan fingerprint density at radius 1 is 1.00 bits per heavy atom. The summed E-state index contributed by atoms with van der Waals surface area (Å²) in [6, 6.07) is 19.5. The molecule has 0 aliphatic carbocycles. The zero-order valence-electron chi connectivity index (χ0n) is 15.4. The first-order valence-electron chi connectivity index (χ1n) is 9.39. The number of hydrogen-bond acceptors (Lipinski definition) is 4. The molecule has 1 aliphatic rings. The number of hydrogen-bond donors (Lipinski definition) is 1. The van der Waals surface area contributed by atoms with Gasteiger partial charge in [-0.3, -0.25) is 4.79 Å². The molecule has 142 valence electrons. The highest BCUT2D eigenvalue weighted by molar-refractivity contribution is 5.93. The molecule has 1 aliphatic heterocycles. The molecular formula is C22H21FN4O. The van der Waals surface area contributed by atoms with Gasteiger partial charge < -0.3 is 10.2 Å². The van der Waals surface area contributed by atoms with Gasteiger partial charge in [-0.05, 0) is 61.4 Å². The van der Waals surface area contributed by atoms with Crippen molar-refractivity contribution in [2.45, 2.75) is 12.8 Å².